The van der Waals surface area contributed by atoms with Gasteiger partial charge in [-0.3, -0.25) is 4.18 Å². The molecule has 0 bridgehead atoms. The SMILES string of the molecule is CC1(C)OC2C(=O)O[C@H](COS(C)(=O)=O)C2O1. The quantitative estimate of drug-likeness (QED) is 0.498. The Bertz CT molecular complexity index is 427. The van der Waals surface area contributed by atoms with Gasteiger partial charge in [0.15, 0.2) is 18.0 Å². The lowest BCUT2D eigenvalue weighted by molar-refractivity contribution is -0.188. The van der Waals surface area contributed by atoms with E-state index in [0.29, 0.717) is 0 Å². The molecule has 98 valence electrons. The zero-order valence-electron chi connectivity index (χ0n) is 9.71. The summed E-state index contributed by atoms with van der Waals surface area (Å²) in [6, 6.07) is 0. The number of carbonyl (C=O) groups excluding carboxylic acids is 1. The van der Waals surface area contributed by atoms with Crippen molar-refractivity contribution in [3.8, 4) is 0 Å². The minimum Gasteiger partial charge on any atom is -0.455 e. The molecule has 0 aromatic rings. The Balaban J connectivity index is 2.04. The first-order valence-corrected chi connectivity index (χ1v) is 6.90. The molecule has 17 heavy (non-hydrogen) atoms. The van der Waals surface area contributed by atoms with Crippen LogP contribution in [0.15, 0.2) is 0 Å². The van der Waals surface area contributed by atoms with Gasteiger partial charge in [-0.2, -0.15) is 8.42 Å². The van der Waals surface area contributed by atoms with Gasteiger partial charge in [-0.15, -0.1) is 0 Å². The third-order valence-corrected chi connectivity index (χ3v) is 3.01. The van der Waals surface area contributed by atoms with Crippen LogP contribution in [0.3, 0.4) is 0 Å². The van der Waals surface area contributed by atoms with Crippen LogP contribution in [-0.2, 0) is 33.3 Å². The summed E-state index contributed by atoms with van der Waals surface area (Å²) in [6.07, 6.45) is -1.27. The van der Waals surface area contributed by atoms with Crippen molar-refractivity contribution in [2.24, 2.45) is 0 Å². The number of cyclic esters (lactones) is 1. The van der Waals surface area contributed by atoms with Crippen molar-refractivity contribution in [3.63, 3.8) is 0 Å². The smallest absolute Gasteiger partial charge is 0.338 e. The molecule has 2 heterocycles. The standard InChI is InChI=1S/C9H14O7S/c1-9(2)15-6-5(4-13-17(3,11)12)14-8(10)7(6)16-9/h5-7H,4H2,1-3H3/t5-,6?,7?/m1/s1. The van der Waals surface area contributed by atoms with Crippen LogP contribution in [0.25, 0.3) is 0 Å². The molecule has 8 heteroatoms. The Morgan fingerprint density at radius 1 is 1.35 bits per heavy atom. The largest absolute Gasteiger partial charge is 0.455 e. The van der Waals surface area contributed by atoms with Gasteiger partial charge in [0.25, 0.3) is 10.1 Å². The van der Waals surface area contributed by atoms with E-state index in [1.807, 2.05) is 0 Å². The van der Waals surface area contributed by atoms with Crippen molar-refractivity contribution in [3.05, 3.63) is 0 Å². The molecule has 0 aliphatic carbocycles. The summed E-state index contributed by atoms with van der Waals surface area (Å²) in [5.41, 5.74) is 0. The van der Waals surface area contributed by atoms with Gasteiger partial charge in [-0.25, -0.2) is 4.79 Å². The maximum absolute atomic E-state index is 11.4. The average molecular weight is 266 g/mol. The van der Waals surface area contributed by atoms with Crippen LogP contribution in [0, 0.1) is 0 Å². The van der Waals surface area contributed by atoms with Gasteiger partial charge < -0.3 is 14.2 Å². The molecule has 0 amide bonds. The second kappa shape index (κ2) is 3.91. The minimum absolute atomic E-state index is 0.259. The van der Waals surface area contributed by atoms with Gasteiger partial charge in [0.1, 0.15) is 12.7 Å². The molecule has 0 aromatic heterocycles. The van der Waals surface area contributed by atoms with Gasteiger partial charge in [0, 0.05) is 0 Å². The van der Waals surface area contributed by atoms with Gasteiger partial charge in [-0.05, 0) is 13.8 Å². The summed E-state index contributed by atoms with van der Waals surface area (Å²) < 4.78 is 42.1. The van der Waals surface area contributed by atoms with E-state index < -0.39 is 40.2 Å². The summed E-state index contributed by atoms with van der Waals surface area (Å²) in [7, 11) is -3.57. The Hall–Kier alpha value is -0.700. The number of esters is 1. The molecule has 0 radical (unpaired) electrons. The van der Waals surface area contributed by atoms with E-state index in [4.69, 9.17) is 14.2 Å². The lowest BCUT2D eigenvalue weighted by Crippen LogP contribution is -2.33. The summed E-state index contributed by atoms with van der Waals surface area (Å²) in [5.74, 6) is -1.43. The number of fused-ring (bicyclic) bond motifs is 1. The number of rotatable bonds is 3. The van der Waals surface area contributed by atoms with Gasteiger partial charge in [0.2, 0.25) is 0 Å². The van der Waals surface area contributed by atoms with Crippen LogP contribution in [0.4, 0.5) is 0 Å². The summed E-state index contributed by atoms with van der Waals surface area (Å²) in [4.78, 5) is 11.4. The molecule has 0 spiro atoms. The van der Waals surface area contributed by atoms with E-state index in [-0.39, 0.29) is 6.61 Å². The third-order valence-electron chi connectivity index (χ3n) is 2.44. The molecule has 0 aromatic carbocycles. The van der Waals surface area contributed by atoms with E-state index in [1.54, 1.807) is 13.8 Å². The molecule has 2 aliphatic heterocycles. The number of carbonyl (C=O) groups is 1. The molecule has 2 fully saturated rings. The third kappa shape index (κ3) is 2.76. The lowest BCUT2D eigenvalue weighted by atomic mass is 10.1. The molecular formula is C9H14O7S. The predicted molar refractivity (Wildman–Crippen MR) is 54.5 cm³/mol. The topological polar surface area (TPSA) is 88.1 Å². The van der Waals surface area contributed by atoms with Gasteiger partial charge in [0.05, 0.1) is 6.26 Å². The highest BCUT2D eigenvalue weighted by Gasteiger charge is 2.56. The zero-order chi connectivity index (χ0) is 12.8. The Labute approximate surface area is 99.1 Å². The molecular weight excluding hydrogens is 252 g/mol. The second-order valence-electron chi connectivity index (χ2n) is 4.48. The zero-order valence-corrected chi connectivity index (χ0v) is 10.5. The van der Waals surface area contributed by atoms with E-state index in [9.17, 15) is 13.2 Å². The average Bonchev–Trinajstić information content (AvgIpc) is 2.58. The summed E-state index contributed by atoms with van der Waals surface area (Å²) in [5, 5.41) is 0. The number of hydrogen-bond acceptors (Lipinski definition) is 7. The second-order valence-corrected chi connectivity index (χ2v) is 6.13. The van der Waals surface area contributed by atoms with E-state index >= 15 is 0 Å². The molecule has 0 saturated carbocycles. The van der Waals surface area contributed by atoms with Crippen LogP contribution < -0.4 is 0 Å². The normalized spacial score (nSPS) is 35.7. The van der Waals surface area contributed by atoms with Crippen molar-refractivity contribution in [2.75, 3.05) is 12.9 Å². The number of ether oxygens (including phenoxy) is 3. The van der Waals surface area contributed by atoms with E-state index in [1.165, 1.54) is 0 Å². The molecule has 3 atom stereocenters. The summed E-state index contributed by atoms with van der Waals surface area (Å²) in [6.45, 7) is 3.09. The highest BCUT2D eigenvalue weighted by molar-refractivity contribution is 7.85. The van der Waals surface area contributed by atoms with Crippen molar-refractivity contribution in [1.82, 2.24) is 0 Å². The summed E-state index contributed by atoms with van der Waals surface area (Å²) >= 11 is 0. The monoisotopic (exact) mass is 266 g/mol. The van der Waals surface area contributed by atoms with Crippen LogP contribution in [0.5, 0.6) is 0 Å². The fourth-order valence-electron chi connectivity index (χ4n) is 1.85. The van der Waals surface area contributed by atoms with Crippen LogP contribution in [0.2, 0.25) is 0 Å². The van der Waals surface area contributed by atoms with Crippen LogP contribution in [0.1, 0.15) is 13.8 Å². The Morgan fingerprint density at radius 2 is 2.00 bits per heavy atom. The van der Waals surface area contributed by atoms with Crippen LogP contribution >= 0.6 is 0 Å². The van der Waals surface area contributed by atoms with E-state index in [0.717, 1.165) is 6.26 Å². The van der Waals surface area contributed by atoms with Gasteiger partial charge >= 0.3 is 5.97 Å². The van der Waals surface area contributed by atoms with Crippen molar-refractivity contribution in [2.45, 2.75) is 37.9 Å². The molecule has 7 nitrogen and oxygen atoms in total. The molecule has 2 aliphatic rings. The maximum atomic E-state index is 11.4. The van der Waals surface area contributed by atoms with Crippen molar-refractivity contribution >= 4 is 16.1 Å². The fraction of sp³-hybridized carbons (Fsp3) is 0.889. The fourth-order valence-corrected chi connectivity index (χ4v) is 2.23. The predicted octanol–water partition coefficient (Wildman–Crippen LogP) is -0.592. The first-order chi connectivity index (χ1) is 7.68. The molecule has 0 N–H and O–H groups in total. The first kappa shape index (κ1) is 12.7. The molecule has 2 saturated heterocycles. The molecule has 2 unspecified atom stereocenters. The van der Waals surface area contributed by atoms with Gasteiger partial charge in [-0.1, -0.05) is 0 Å². The lowest BCUT2D eigenvalue weighted by Gasteiger charge is -2.20. The number of hydrogen-bond donors (Lipinski definition) is 0. The Kier molecular flexibility index (Phi) is 2.93. The Morgan fingerprint density at radius 3 is 2.59 bits per heavy atom. The van der Waals surface area contributed by atoms with E-state index in [2.05, 4.69) is 4.18 Å². The molecule has 2 rings (SSSR count). The first-order valence-electron chi connectivity index (χ1n) is 5.08. The highest BCUT2D eigenvalue weighted by atomic mass is 32.2. The minimum atomic E-state index is -3.57. The maximum Gasteiger partial charge on any atom is 0.338 e. The highest BCUT2D eigenvalue weighted by Crippen LogP contribution is 2.36. The van der Waals surface area contributed by atoms with Crippen molar-refractivity contribution in [1.29, 1.82) is 0 Å². The van der Waals surface area contributed by atoms with Crippen LogP contribution in [-0.4, -0.2) is 51.3 Å². The van der Waals surface area contributed by atoms with Crippen molar-refractivity contribution < 1.29 is 31.6 Å².